The van der Waals surface area contributed by atoms with Crippen LogP contribution in [0, 0.1) is 5.92 Å². The van der Waals surface area contributed by atoms with Crippen LogP contribution in [0.15, 0.2) is 0 Å². The molecule has 2 fully saturated rings. The number of hydrogen-bond donors (Lipinski definition) is 1. The van der Waals surface area contributed by atoms with Gasteiger partial charge in [-0.05, 0) is 65.1 Å². The van der Waals surface area contributed by atoms with Crippen molar-refractivity contribution in [2.45, 2.75) is 51.1 Å². The second kappa shape index (κ2) is 5.68. The van der Waals surface area contributed by atoms with Crippen LogP contribution in [0.25, 0.3) is 0 Å². The molecular weight excluding hydrogens is 212 g/mol. The Labute approximate surface area is 106 Å². The number of nitrogens with one attached hydrogen (secondary N) is 1. The van der Waals surface area contributed by atoms with Crippen molar-refractivity contribution in [3.8, 4) is 0 Å². The second-order valence-electron chi connectivity index (χ2n) is 6.02. The Kier molecular flexibility index (Phi) is 4.45. The lowest BCUT2D eigenvalue weighted by molar-refractivity contribution is 0.0408. The molecule has 0 aromatic rings. The molecule has 2 heterocycles. The zero-order valence-corrected chi connectivity index (χ0v) is 11.7. The van der Waals surface area contributed by atoms with Crippen molar-refractivity contribution >= 4 is 0 Å². The maximum absolute atomic E-state index is 5.48. The first kappa shape index (κ1) is 13.3. The first-order valence-electron chi connectivity index (χ1n) is 7.16. The maximum Gasteiger partial charge on any atom is 0.0647 e. The zero-order valence-electron chi connectivity index (χ0n) is 11.7. The predicted molar refractivity (Wildman–Crippen MR) is 71.3 cm³/mol. The lowest BCUT2D eigenvalue weighted by Crippen LogP contribution is -2.54. The summed E-state index contributed by atoms with van der Waals surface area (Å²) in [5.41, 5.74) is 0.290. The Balaban J connectivity index is 1.93. The molecule has 100 valence electrons. The topological polar surface area (TPSA) is 24.5 Å². The van der Waals surface area contributed by atoms with Crippen LogP contribution in [0.3, 0.4) is 0 Å². The van der Waals surface area contributed by atoms with E-state index in [0.717, 1.165) is 12.5 Å². The van der Waals surface area contributed by atoms with Crippen LogP contribution in [-0.4, -0.2) is 49.8 Å². The summed E-state index contributed by atoms with van der Waals surface area (Å²) in [6.45, 7) is 9.19. The van der Waals surface area contributed by atoms with Gasteiger partial charge < -0.3 is 15.0 Å². The number of hydrogen-bond acceptors (Lipinski definition) is 3. The highest BCUT2D eigenvalue weighted by molar-refractivity contribution is 5.00. The first-order valence-corrected chi connectivity index (χ1v) is 7.16. The van der Waals surface area contributed by atoms with Gasteiger partial charge in [-0.15, -0.1) is 0 Å². The fourth-order valence-corrected chi connectivity index (χ4v) is 3.65. The van der Waals surface area contributed by atoms with E-state index in [2.05, 4.69) is 24.1 Å². The van der Waals surface area contributed by atoms with Gasteiger partial charge in [0.25, 0.3) is 0 Å². The van der Waals surface area contributed by atoms with Crippen LogP contribution in [-0.2, 0) is 4.74 Å². The molecule has 0 saturated carbocycles. The van der Waals surface area contributed by atoms with E-state index in [0.29, 0.717) is 6.04 Å². The van der Waals surface area contributed by atoms with Gasteiger partial charge in [-0.1, -0.05) is 0 Å². The lowest BCUT2D eigenvalue weighted by Gasteiger charge is -2.43. The third-order valence-electron chi connectivity index (χ3n) is 4.72. The highest BCUT2D eigenvalue weighted by atomic mass is 16.5. The monoisotopic (exact) mass is 240 g/mol. The third kappa shape index (κ3) is 2.83. The standard InChI is InChI=1S/C14H28N2O/c1-12(2)16-9-5-13(6-10-16)14(11-17-3)7-4-8-15-14/h12-13,15H,4-11H2,1-3H3. The van der Waals surface area contributed by atoms with Crippen molar-refractivity contribution in [1.29, 1.82) is 0 Å². The molecule has 2 aliphatic rings. The van der Waals surface area contributed by atoms with E-state index in [1.807, 2.05) is 7.11 Å². The molecule has 0 aromatic heterocycles. The van der Waals surface area contributed by atoms with E-state index >= 15 is 0 Å². The summed E-state index contributed by atoms with van der Waals surface area (Å²) < 4.78 is 5.48. The fraction of sp³-hybridized carbons (Fsp3) is 1.00. The zero-order chi connectivity index (χ0) is 12.3. The molecule has 1 N–H and O–H groups in total. The van der Waals surface area contributed by atoms with E-state index in [1.54, 1.807) is 0 Å². The largest absolute Gasteiger partial charge is 0.383 e. The average molecular weight is 240 g/mol. The number of likely N-dealkylation sites (tertiary alicyclic amines) is 1. The summed E-state index contributed by atoms with van der Waals surface area (Å²) in [5.74, 6) is 0.806. The quantitative estimate of drug-likeness (QED) is 0.812. The molecule has 2 rings (SSSR count). The summed E-state index contributed by atoms with van der Waals surface area (Å²) in [6, 6.07) is 0.700. The van der Waals surface area contributed by atoms with Crippen LogP contribution >= 0.6 is 0 Å². The Bertz CT molecular complexity index is 228. The van der Waals surface area contributed by atoms with Crippen molar-refractivity contribution in [3.63, 3.8) is 0 Å². The molecule has 3 nitrogen and oxygen atoms in total. The van der Waals surface area contributed by atoms with Gasteiger partial charge in [-0.3, -0.25) is 0 Å². The van der Waals surface area contributed by atoms with Crippen molar-refractivity contribution in [3.05, 3.63) is 0 Å². The number of ether oxygens (including phenoxy) is 1. The maximum atomic E-state index is 5.48. The van der Waals surface area contributed by atoms with E-state index in [4.69, 9.17) is 4.74 Å². The van der Waals surface area contributed by atoms with E-state index in [1.165, 1.54) is 45.3 Å². The third-order valence-corrected chi connectivity index (χ3v) is 4.72. The Morgan fingerprint density at radius 3 is 2.53 bits per heavy atom. The number of methoxy groups -OCH3 is 1. The predicted octanol–water partition coefficient (Wildman–Crippen LogP) is 1.88. The van der Waals surface area contributed by atoms with Gasteiger partial charge in [-0.25, -0.2) is 0 Å². The molecule has 1 unspecified atom stereocenters. The molecule has 0 bridgehead atoms. The molecule has 2 aliphatic heterocycles. The minimum Gasteiger partial charge on any atom is -0.383 e. The fourth-order valence-electron chi connectivity index (χ4n) is 3.65. The van der Waals surface area contributed by atoms with Crippen LogP contribution in [0.1, 0.15) is 39.5 Å². The lowest BCUT2D eigenvalue weighted by atomic mass is 9.77. The highest BCUT2D eigenvalue weighted by Crippen LogP contribution is 2.35. The van der Waals surface area contributed by atoms with Gasteiger partial charge in [0.1, 0.15) is 0 Å². The number of nitrogens with zero attached hydrogens (tertiary/aromatic N) is 1. The molecule has 3 heteroatoms. The van der Waals surface area contributed by atoms with Crippen molar-refractivity contribution in [1.82, 2.24) is 10.2 Å². The summed E-state index contributed by atoms with van der Waals surface area (Å²) in [7, 11) is 1.84. The Morgan fingerprint density at radius 2 is 2.06 bits per heavy atom. The summed E-state index contributed by atoms with van der Waals surface area (Å²) in [6.07, 6.45) is 5.27. The van der Waals surface area contributed by atoms with Crippen molar-refractivity contribution in [2.24, 2.45) is 5.92 Å². The summed E-state index contributed by atoms with van der Waals surface area (Å²) in [4.78, 5) is 2.60. The van der Waals surface area contributed by atoms with E-state index < -0.39 is 0 Å². The first-order chi connectivity index (χ1) is 8.18. The molecular formula is C14H28N2O. The van der Waals surface area contributed by atoms with Gasteiger partial charge in [0, 0.05) is 18.7 Å². The molecule has 17 heavy (non-hydrogen) atoms. The van der Waals surface area contributed by atoms with Crippen LogP contribution in [0.5, 0.6) is 0 Å². The van der Waals surface area contributed by atoms with Gasteiger partial charge in [-0.2, -0.15) is 0 Å². The van der Waals surface area contributed by atoms with Crippen molar-refractivity contribution < 1.29 is 4.74 Å². The Hall–Kier alpha value is -0.120. The minimum absolute atomic E-state index is 0.290. The smallest absolute Gasteiger partial charge is 0.0647 e. The van der Waals surface area contributed by atoms with Crippen LogP contribution in [0.2, 0.25) is 0 Å². The second-order valence-corrected chi connectivity index (χ2v) is 6.02. The van der Waals surface area contributed by atoms with Crippen molar-refractivity contribution in [2.75, 3.05) is 33.4 Å². The van der Waals surface area contributed by atoms with Gasteiger partial charge in [0.15, 0.2) is 0 Å². The number of rotatable bonds is 4. The number of piperidine rings is 1. The van der Waals surface area contributed by atoms with E-state index in [-0.39, 0.29) is 5.54 Å². The Morgan fingerprint density at radius 1 is 1.35 bits per heavy atom. The van der Waals surface area contributed by atoms with Gasteiger partial charge >= 0.3 is 0 Å². The molecule has 2 saturated heterocycles. The molecule has 1 atom stereocenters. The van der Waals surface area contributed by atoms with Crippen LogP contribution in [0.4, 0.5) is 0 Å². The minimum atomic E-state index is 0.290. The summed E-state index contributed by atoms with van der Waals surface area (Å²) >= 11 is 0. The molecule has 0 spiro atoms. The normalized spacial score (nSPS) is 32.5. The molecule has 0 radical (unpaired) electrons. The SMILES string of the molecule is COCC1(C2CCN(C(C)C)CC2)CCCN1. The van der Waals surface area contributed by atoms with Gasteiger partial charge in [0.05, 0.1) is 6.61 Å². The van der Waals surface area contributed by atoms with E-state index in [9.17, 15) is 0 Å². The van der Waals surface area contributed by atoms with Crippen LogP contribution < -0.4 is 5.32 Å². The molecule has 0 aromatic carbocycles. The molecule has 0 aliphatic carbocycles. The average Bonchev–Trinajstić information content (AvgIpc) is 2.79. The van der Waals surface area contributed by atoms with Gasteiger partial charge in [0.2, 0.25) is 0 Å². The molecule has 0 amide bonds. The summed E-state index contributed by atoms with van der Waals surface area (Å²) in [5, 5.41) is 3.74. The highest BCUT2D eigenvalue weighted by Gasteiger charge is 2.42.